The van der Waals surface area contributed by atoms with Gasteiger partial charge in [0.1, 0.15) is 0 Å². The lowest BCUT2D eigenvalue weighted by Gasteiger charge is -2.11. The summed E-state index contributed by atoms with van der Waals surface area (Å²) in [7, 11) is 1.65. The third kappa shape index (κ3) is 4.13. The first-order chi connectivity index (χ1) is 9.72. The topological polar surface area (TPSA) is 30.5 Å². The minimum atomic E-state index is 0.626. The molecule has 0 saturated heterocycles. The Morgan fingerprint density at radius 1 is 1.15 bits per heavy atom. The van der Waals surface area contributed by atoms with Crippen LogP contribution in [0.15, 0.2) is 30.3 Å². The van der Waals surface area contributed by atoms with Crippen molar-refractivity contribution < 1.29 is 9.47 Å². The molecule has 0 aliphatic carbocycles. The van der Waals surface area contributed by atoms with Crippen LogP contribution in [0, 0.1) is 0 Å². The zero-order chi connectivity index (χ0) is 14.4. The van der Waals surface area contributed by atoms with Crippen LogP contribution in [-0.4, -0.2) is 13.7 Å². The first-order valence-corrected chi connectivity index (χ1v) is 7.67. The molecule has 0 saturated carbocycles. The van der Waals surface area contributed by atoms with Crippen LogP contribution < -0.4 is 14.8 Å². The molecule has 0 aliphatic heterocycles. The predicted octanol–water partition coefficient (Wildman–Crippen LogP) is 4.10. The molecule has 0 spiro atoms. The highest BCUT2D eigenvalue weighted by atomic mass is 35.5. The summed E-state index contributed by atoms with van der Waals surface area (Å²) in [6, 6.07) is 9.94. The van der Waals surface area contributed by atoms with E-state index in [1.807, 2.05) is 37.3 Å². The van der Waals surface area contributed by atoms with Gasteiger partial charge in [0, 0.05) is 18.0 Å². The number of methoxy groups -OCH3 is 1. The smallest absolute Gasteiger partial charge is 0.161 e. The Bertz CT molecular complexity index is 557. The van der Waals surface area contributed by atoms with Gasteiger partial charge in [-0.15, -0.1) is 11.3 Å². The molecule has 0 atom stereocenters. The average molecular weight is 312 g/mol. The van der Waals surface area contributed by atoms with Gasteiger partial charge in [-0.2, -0.15) is 0 Å². The number of benzene rings is 1. The summed E-state index contributed by atoms with van der Waals surface area (Å²) in [4.78, 5) is 1.23. The van der Waals surface area contributed by atoms with Gasteiger partial charge in [-0.3, -0.25) is 0 Å². The van der Waals surface area contributed by atoms with Crippen LogP contribution in [0.3, 0.4) is 0 Å². The number of ether oxygens (including phenoxy) is 2. The van der Waals surface area contributed by atoms with Crippen molar-refractivity contribution in [3.8, 4) is 11.5 Å². The van der Waals surface area contributed by atoms with Crippen molar-refractivity contribution in [3.05, 3.63) is 45.1 Å². The lowest BCUT2D eigenvalue weighted by molar-refractivity contribution is 0.310. The highest BCUT2D eigenvalue weighted by molar-refractivity contribution is 7.16. The number of hydrogen-bond acceptors (Lipinski definition) is 4. The fraction of sp³-hybridized carbons (Fsp3) is 0.333. The maximum absolute atomic E-state index is 5.91. The van der Waals surface area contributed by atoms with Crippen LogP contribution in [0.4, 0.5) is 0 Å². The Kier molecular flexibility index (Phi) is 5.71. The van der Waals surface area contributed by atoms with E-state index in [0.717, 1.165) is 34.5 Å². The molecule has 0 radical (unpaired) electrons. The first kappa shape index (κ1) is 15.2. The Hall–Kier alpha value is -1.23. The second-order valence-corrected chi connectivity index (χ2v) is 6.03. The minimum absolute atomic E-state index is 0.626. The van der Waals surface area contributed by atoms with E-state index in [1.54, 1.807) is 18.4 Å². The molecular formula is C15H18ClNO2S. The molecule has 1 aromatic heterocycles. The first-order valence-electron chi connectivity index (χ1n) is 6.47. The van der Waals surface area contributed by atoms with Gasteiger partial charge in [0.15, 0.2) is 11.5 Å². The van der Waals surface area contributed by atoms with E-state index in [-0.39, 0.29) is 0 Å². The zero-order valence-electron chi connectivity index (χ0n) is 11.6. The van der Waals surface area contributed by atoms with Crippen LogP contribution in [0.5, 0.6) is 11.5 Å². The third-order valence-corrected chi connectivity index (χ3v) is 4.02. The van der Waals surface area contributed by atoms with Gasteiger partial charge in [-0.05, 0) is 36.8 Å². The molecule has 3 nitrogen and oxygen atoms in total. The van der Waals surface area contributed by atoms with E-state index in [2.05, 4.69) is 5.32 Å². The molecule has 1 aromatic carbocycles. The Morgan fingerprint density at radius 3 is 2.65 bits per heavy atom. The molecular weight excluding hydrogens is 294 g/mol. The van der Waals surface area contributed by atoms with Gasteiger partial charge in [0.05, 0.1) is 18.1 Å². The predicted molar refractivity (Wildman–Crippen MR) is 84.0 cm³/mol. The Balaban J connectivity index is 1.93. The molecule has 2 aromatic rings. The molecule has 5 heteroatoms. The van der Waals surface area contributed by atoms with Crippen molar-refractivity contribution >= 4 is 22.9 Å². The molecule has 2 rings (SSSR count). The monoisotopic (exact) mass is 311 g/mol. The summed E-state index contributed by atoms with van der Waals surface area (Å²) in [5.74, 6) is 1.55. The maximum Gasteiger partial charge on any atom is 0.161 e. The zero-order valence-corrected chi connectivity index (χ0v) is 13.2. The summed E-state index contributed by atoms with van der Waals surface area (Å²) in [5.41, 5.74) is 1.16. The quantitative estimate of drug-likeness (QED) is 0.835. The number of rotatable bonds is 7. The van der Waals surface area contributed by atoms with E-state index < -0.39 is 0 Å². The molecule has 20 heavy (non-hydrogen) atoms. The Labute approximate surface area is 128 Å². The van der Waals surface area contributed by atoms with Gasteiger partial charge in [0.25, 0.3) is 0 Å². The van der Waals surface area contributed by atoms with Crippen molar-refractivity contribution in [1.29, 1.82) is 0 Å². The normalized spacial score (nSPS) is 10.6. The summed E-state index contributed by atoms with van der Waals surface area (Å²) < 4.78 is 11.7. The molecule has 0 bridgehead atoms. The largest absolute Gasteiger partial charge is 0.493 e. The summed E-state index contributed by atoms with van der Waals surface area (Å²) >= 11 is 7.50. The van der Waals surface area contributed by atoms with Gasteiger partial charge >= 0.3 is 0 Å². The maximum atomic E-state index is 5.91. The van der Waals surface area contributed by atoms with Crippen LogP contribution in [0.2, 0.25) is 4.34 Å². The molecule has 108 valence electrons. The molecule has 0 unspecified atom stereocenters. The fourth-order valence-electron chi connectivity index (χ4n) is 1.88. The number of hydrogen-bond donors (Lipinski definition) is 1. The lowest BCUT2D eigenvalue weighted by Crippen LogP contribution is -2.11. The highest BCUT2D eigenvalue weighted by Crippen LogP contribution is 2.28. The summed E-state index contributed by atoms with van der Waals surface area (Å²) in [5, 5.41) is 3.39. The van der Waals surface area contributed by atoms with Gasteiger partial charge in [-0.1, -0.05) is 17.7 Å². The SMILES string of the molecule is CCOc1cc(CNCc2ccc(Cl)s2)ccc1OC. The summed E-state index contributed by atoms with van der Waals surface area (Å²) in [6.07, 6.45) is 0. The van der Waals surface area contributed by atoms with E-state index in [1.165, 1.54) is 4.88 Å². The van der Waals surface area contributed by atoms with E-state index in [0.29, 0.717) is 6.61 Å². The fourth-order valence-corrected chi connectivity index (χ4v) is 2.93. The third-order valence-electron chi connectivity index (χ3n) is 2.79. The van der Waals surface area contributed by atoms with Gasteiger partial charge < -0.3 is 14.8 Å². The van der Waals surface area contributed by atoms with Crippen molar-refractivity contribution in [3.63, 3.8) is 0 Å². The van der Waals surface area contributed by atoms with E-state index in [4.69, 9.17) is 21.1 Å². The van der Waals surface area contributed by atoms with Crippen LogP contribution in [0.1, 0.15) is 17.4 Å². The number of halogens is 1. The van der Waals surface area contributed by atoms with Gasteiger partial charge in [0.2, 0.25) is 0 Å². The summed E-state index contributed by atoms with van der Waals surface area (Å²) in [6.45, 7) is 4.18. The van der Waals surface area contributed by atoms with E-state index >= 15 is 0 Å². The average Bonchev–Trinajstić information content (AvgIpc) is 2.85. The van der Waals surface area contributed by atoms with Crippen molar-refractivity contribution in [2.24, 2.45) is 0 Å². The second-order valence-electron chi connectivity index (χ2n) is 4.23. The van der Waals surface area contributed by atoms with Crippen molar-refractivity contribution in [1.82, 2.24) is 5.32 Å². The molecule has 0 fully saturated rings. The van der Waals surface area contributed by atoms with E-state index in [9.17, 15) is 0 Å². The Morgan fingerprint density at radius 2 is 2.00 bits per heavy atom. The van der Waals surface area contributed by atoms with Crippen molar-refractivity contribution in [2.75, 3.05) is 13.7 Å². The van der Waals surface area contributed by atoms with Crippen molar-refractivity contribution in [2.45, 2.75) is 20.0 Å². The second kappa shape index (κ2) is 7.53. The standard InChI is InChI=1S/C15H18ClNO2S/c1-3-19-14-8-11(4-6-13(14)18-2)9-17-10-12-5-7-15(16)20-12/h4-8,17H,3,9-10H2,1-2H3. The molecule has 0 aliphatic rings. The number of thiophene rings is 1. The molecule has 0 amide bonds. The molecule has 1 heterocycles. The van der Waals surface area contributed by atoms with Crippen LogP contribution in [0.25, 0.3) is 0 Å². The van der Waals surface area contributed by atoms with Crippen LogP contribution >= 0.6 is 22.9 Å². The minimum Gasteiger partial charge on any atom is -0.493 e. The van der Waals surface area contributed by atoms with Crippen LogP contribution in [-0.2, 0) is 13.1 Å². The highest BCUT2D eigenvalue weighted by Gasteiger charge is 2.05. The lowest BCUT2D eigenvalue weighted by atomic mass is 10.2. The van der Waals surface area contributed by atoms with Gasteiger partial charge in [-0.25, -0.2) is 0 Å². The number of nitrogens with one attached hydrogen (secondary N) is 1. The molecule has 1 N–H and O–H groups in total.